The van der Waals surface area contributed by atoms with Crippen molar-refractivity contribution >= 4 is 5.91 Å². The summed E-state index contributed by atoms with van der Waals surface area (Å²) in [4.78, 5) is 14.3. The summed E-state index contributed by atoms with van der Waals surface area (Å²) in [5, 5.41) is 12.5. The molecular weight excluding hydrogens is 240 g/mol. The van der Waals surface area contributed by atoms with Crippen LogP contribution in [0.3, 0.4) is 0 Å². The van der Waals surface area contributed by atoms with E-state index >= 15 is 0 Å². The van der Waals surface area contributed by atoms with Gasteiger partial charge in [-0.1, -0.05) is 20.8 Å². The number of hydrogen-bond donors (Lipinski definition) is 2. The smallest absolute Gasteiger partial charge is 0.237 e. The summed E-state index contributed by atoms with van der Waals surface area (Å²) in [5.41, 5.74) is 0.0879. The zero-order valence-corrected chi connectivity index (χ0v) is 12.9. The van der Waals surface area contributed by atoms with Gasteiger partial charge in [-0.2, -0.15) is 0 Å². The predicted molar refractivity (Wildman–Crippen MR) is 77.9 cm³/mol. The molecule has 0 aliphatic carbocycles. The van der Waals surface area contributed by atoms with Gasteiger partial charge in [0.05, 0.1) is 6.04 Å². The van der Waals surface area contributed by atoms with E-state index in [4.69, 9.17) is 0 Å². The van der Waals surface area contributed by atoms with E-state index in [9.17, 15) is 9.90 Å². The molecule has 1 aliphatic rings. The van der Waals surface area contributed by atoms with Crippen molar-refractivity contribution in [2.45, 2.75) is 53.0 Å². The first-order valence-corrected chi connectivity index (χ1v) is 7.56. The van der Waals surface area contributed by atoms with E-state index in [-0.39, 0.29) is 24.0 Å². The Kier molecular flexibility index (Phi) is 6.27. The van der Waals surface area contributed by atoms with Crippen LogP contribution in [0, 0.1) is 11.3 Å². The lowest BCUT2D eigenvalue weighted by molar-refractivity contribution is -0.127. The Hall–Kier alpha value is -0.610. The van der Waals surface area contributed by atoms with E-state index < -0.39 is 0 Å². The van der Waals surface area contributed by atoms with Gasteiger partial charge in [0, 0.05) is 13.2 Å². The Morgan fingerprint density at radius 1 is 1.32 bits per heavy atom. The molecule has 1 rings (SSSR count). The molecule has 4 heteroatoms. The molecule has 1 fully saturated rings. The highest BCUT2D eigenvalue weighted by atomic mass is 16.3. The quantitative estimate of drug-likeness (QED) is 0.771. The van der Waals surface area contributed by atoms with Gasteiger partial charge in [0.15, 0.2) is 0 Å². The minimum Gasteiger partial charge on any atom is -0.396 e. The van der Waals surface area contributed by atoms with Crippen molar-refractivity contribution < 1.29 is 9.90 Å². The van der Waals surface area contributed by atoms with Gasteiger partial charge in [0.2, 0.25) is 5.91 Å². The van der Waals surface area contributed by atoms with Crippen molar-refractivity contribution in [3.63, 3.8) is 0 Å². The number of piperidine rings is 1. The largest absolute Gasteiger partial charge is 0.396 e. The van der Waals surface area contributed by atoms with E-state index in [1.165, 1.54) is 0 Å². The van der Waals surface area contributed by atoms with Crippen molar-refractivity contribution in [2.75, 3.05) is 26.2 Å². The maximum atomic E-state index is 12.0. The van der Waals surface area contributed by atoms with Crippen molar-refractivity contribution in [3.05, 3.63) is 0 Å². The number of rotatable bonds is 6. The number of aliphatic hydroxyl groups is 1. The molecule has 0 radical (unpaired) electrons. The molecule has 0 spiro atoms. The molecule has 19 heavy (non-hydrogen) atoms. The molecular formula is C15H30N2O2. The Morgan fingerprint density at radius 3 is 2.32 bits per heavy atom. The van der Waals surface area contributed by atoms with Gasteiger partial charge in [-0.15, -0.1) is 0 Å². The number of aliphatic hydroxyl groups excluding tert-OH is 1. The van der Waals surface area contributed by atoms with Crippen LogP contribution in [0.4, 0.5) is 0 Å². The molecule has 1 aliphatic heterocycles. The van der Waals surface area contributed by atoms with E-state index in [0.29, 0.717) is 5.92 Å². The van der Waals surface area contributed by atoms with Crippen LogP contribution in [-0.4, -0.2) is 48.2 Å². The van der Waals surface area contributed by atoms with Gasteiger partial charge in [-0.25, -0.2) is 0 Å². The van der Waals surface area contributed by atoms with Crippen LogP contribution >= 0.6 is 0 Å². The minimum absolute atomic E-state index is 0.0627. The van der Waals surface area contributed by atoms with E-state index in [2.05, 4.69) is 31.0 Å². The number of carbonyl (C=O) groups excluding carboxylic acids is 1. The highest BCUT2D eigenvalue weighted by Crippen LogP contribution is 2.34. The number of hydrogen-bond acceptors (Lipinski definition) is 3. The molecule has 1 saturated heterocycles. The molecule has 1 amide bonds. The molecule has 112 valence electrons. The number of carbonyl (C=O) groups is 1. The molecule has 1 atom stereocenters. The Morgan fingerprint density at radius 2 is 1.89 bits per heavy atom. The fourth-order valence-electron chi connectivity index (χ4n) is 2.63. The summed E-state index contributed by atoms with van der Waals surface area (Å²) in [6.45, 7) is 11.1. The summed E-state index contributed by atoms with van der Waals surface area (Å²) in [5.74, 6) is 0.612. The zero-order valence-electron chi connectivity index (χ0n) is 12.9. The van der Waals surface area contributed by atoms with Crippen molar-refractivity contribution in [3.8, 4) is 0 Å². The van der Waals surface area contributed by atoms with Crippen LogP contribution in [0.1, 0.15) is 47.0 Å². The topological polar surface area (TPSA) is 52.6 Å². The minimum atomic E-state index is -0.0627. The second kappa shape index (κ2) is 7.25. The standard InChI is InChI=1S/C15H30N2O2/c1-5-15(11-18)6-8-17(9-7-15)13(4)14(19)16-10-12(2)3/h12-13,18H,5-11H2,1-4H3,(H,16,19). The van der Waals surface area contributed by atoms with Crippen LogP contribution in [0.5, 0.6) is 0 Å². The third-order valence-electron chi connectivity index (χ3n) is 4.56. The Bertz CT molecular complexity index is 278. The normalized spacial score (nSPS) is 21.4. The maximum Gasteiger partial charge on any atom is 0.237 e. The number of nitrogens with one attached hydrogen (secondary N) is 1. The first-order valence-electron chi connectivity index (χ1n) is 7.56. The van der Waals surface area contributed by atoms with E-state index in [0.717, 1.165) is 38.9 Å². The van der Waals surface area contributed by atoms with Crippen LogP contribution in [0.2, 0.25) is 0 Å². The van der Waals surface area contributed by atoms with Gasteiger partial charge in [-0.05, 0) is 50.6 Å². The second-order valence-electron chi connectivity index (χ2n) is 6.36. The van der Waals surface area contributed by atoms with Gasteiger partial charge >= 0.3 is 0 Å². The highest BCUT2D eigenvalue weighted by Gasteiger charge is 2.35. The van der Waals surface area contributed by atoms with E-state index in [1.54, 1.807) is 0 Å². The van der Waals surface area contributed by atoms with Crippen LogP contribution < -0.4 is 5.32 Å². The third kappa shape index (κ3) is 4.46. The van der Waals surface area contributed by atoms with Gasteiger partial charge in [0.1, 0.15) is 0 Å². The highest BCUT2D eigenvalue weighted by molar-refractivity contribution is 5.81. The third-order valence-corrected chi connectivity index (χ3v) is 4.56. The van der Waals surface area contributed by atoms with Crippen LogP contribution in [0.15, 0.2) is 0 Å². The van der Waals surface area contributed by atoms with Gasteiger partial charge in [-0.3, -0.25) is 9.69 Å². The number of likely N-dealkylation sites (tertiary alicyclic amines) is 1. The average Bonchev–Trinajstić information content (AvgIpc) is 2.44. The van der Waals surface area contributed by atoms with Crippen LogP contribution in [-0.2, 0) is 4.79 Å². The molecule has 0 saturated carbocycles. The first kappa shape index (κ1) is 16.4. The molecule has 1 heterocycles. The molecule has 0 bridgehead atoms. The molecule has 4 nitrogen and oxygen atoms in total. The SMILES string of the molecule is CCC1(CO)CCN(C(C)C(=O)NCC(C)C)CC1. The van der Waals surface area contributed by atoms with Gasteiger partial charge in [0.25, 0.3) is 0 Å². The van der Waals surface area contributed by atoms with Crippen molar-refractivity contribution in [1.29, 1.82) is 0 Å². The first-order chi connectivity index (χ1) is 8.94. The summed E-state index contributed by atoms with van der Waals surface area (Å²) in [6.07, 6.45) is 2.99. The fourth-order valence-corrected chi connectivity index (χ4v) is 2.63. The summed E-state index contributed by atoms with van der Waals surface area (Å²) in [6, 6.07) is -0.0627. The summed E-state index contributed by atoms with van der Waals surface area (Å²) in [7, 11) is 0. The molecule has 1 unspecified atom stereocenters. The fraction of sp³-hybridized carbons (Fsp3) is 0.933. The molecule has 0 aromatic heterocycles. The number of nitrogens with zero attached hydrogens (tertiary/aromatic N) is 1. The maximum absolute atomic E-state index is 12.0. The number of amides is 1. The average molecular weight is 270 g/mol. The lowest BCUT2D eigenvalue weighted by Gasteiger charge is -2.42. The monoisotopic (exact) mass is 270 g/mol. The van der Waals surface area contributed by atoms with Crippen molar-refractivity contribution in [2.24, 2.45) is 11.3 Å². The van der Waals surface area contributed by atoms with E-state index in [1.807, 2.05) is 6.92 Å². The zero-order chi connectivity index (χ0) is 14.5. The summed E-state index contributed by atoms with van der Waals surface area (Å²) >= 11 is 0. The predicted octanol–water partition coefficient (Wildman–Crippen LogP) is 1.63. The van der Waals surface area contributed by atoms with Gasteiger partial charge < -0.3 is 10.4 Å². The molecule has 0 aromatic rings. The van der Waals surface area contributed by atoms with Crippen molar-refractivity contribution in [1.82, 2.24) is 10.2 Å². The molecule has 2 N–H and O–H groups in total. The Balaban J connectivity index is 2.44. The lowest BCUT2D eigenvalue weighted by Crippen LogP contribution is -2.51. The lowest BCUT2D eigenvalue weighted by atomic mass is 9.76. The Labute approximate surface area is 117 Å². The van der Waals surface area contributed by atoms with Crippen LogP contribution in [0.25, 0.3) is 0 Å². The summed E-state index contributed by atoms with van der Waals surface area (Å²) < 4.78 is 0. The second-order valence-corrected chi connectivity index (χ2v) is 6.36. The molecule has 0 aromatic carbocycles.